The predicted octanol–water partition coefficient (Wildman–Crippen LogP) is 2.10. The highest BCUT2D eigenvalue weighted by Crippen LogP contribution is 2.34. The molecule has 0 aliphatic heterocycles. The third-order valence-electron chi connectivity index (χ3n) is 3.58. The summed E-state index contributed by atoms with van der Waals surface area (Å²) in [5.41, 5.74) is 4.16. The molecule has 3 rings (SSSR count). The number of rotatable bonds is 3. The normalized spacial score (nSPS) is 25.3. The van der Waals surface area contributed by atoms with Crippen molar-refractivity contribution in [3.8, 4) is 0 Å². The minimum atomic E-state index is 0.579. The lowest BCUT2D eigenvalue weighted by Gasteiger charge is -2.24. The fourth-order valence-corrected chi connectivity index (χ4v) is 2.63. The zero-order valence-corrected chi connectivity index (χ0v) is 9.34. The Bertz CT molecular complexity index is 338. The molecule has 3 heteroatoms. The van der Waals surface area contributed by atoms with Crippen LogP contribution in [0.4, 0.5) is 0 Å². The number of H-pyrrole nitrogens is 1. The molecule has 0 saturated heterocycles. The molecule has 0 aromatic carbocycles. The summed E-state index contributed by atoms with van der Waals surface area (Å²) in [6, 6.07) is 1.37. The van der Waals surface area contributed by atoms with Gasteiger partial charge in [0.05, 0.1) is 5.69 Å². The summed E-state index contributed by atoms with van der Waals surface area (Å²) >= 11 is 0. The van der Waals surface area contributed by atoms with Gasteiger partial charge in [0.1, 0.15) is 0 Å². The van der Waals surface area contributed by atoms with Gasteiger partial charge in [0.2, 0.25) is 0 Å². The van der Waals surface area contributed by atoms with Crippen molar-refractivity contribution in [1.29, 1.82) is 0 Å². The van der Waals surface area contributed by atoms with Crippen molar-refractivity contribution in [2.75, 3.05) is 0 Å². The molecule has 15 heavy (non-hydrogen) atoms. The standard InChI is InChI=1S/C12H19N3/c1-2-9-12-10(13-8-6-7-8)4-3-5-11(12)15-14-9/h8,10,13H,2-7H2,1H3,(H,14,15). The molecule has 82 valence electrons. The van der Waals surface area contributed by atoms with E-state index in [9.17, 15) is 0 Å². The minimum Gasteiger partial charge on any atom is -0.307 e. The molecule has 1 atom stereocenters. The van der Waals surface area contributed by atoms with Crippen LogP contribution in [0, 0.1) is 0 Å². The monoisotopic (exact) mass is 205 g/mol. The fraction of sp³-hybridized carbons (Fsp3) is 0.750. The number of aromatic amines is 1. The van der Waals surface area contributed by atoms with E-state index < -0.39 is 0 Å². The average molecular weight is 205 g/mol. The minimum absolute atomic E-state index is 0.579. The molecule has 2 aliphatic rings. The largest absolute Gasteiger partial charge is 0.307 e. The lowest BCUT2D eigenvalue weighted by molar-refractivity contribution is 0.453. The molecule has 1 unspecified atom stereocenters. The molecular weight excluding hydrogens is 186 g/mol. The van der Waals surface area contributed by atoms with Crippen LogP contribution in [-0.4, -0.2) is 16.2 Å². The maximum absolute atomic E-state index is 4.43. The van der Waals surface area contributed by atoms with Gasteiger partial charge < -0.3 is 5.32 Å². The third kappa shape index (κ3) is 1.69. The van der Waals surface area contributed by atoms with E-state index in [0.29, 0.717) is 6.04 Å². The summed E-state index contributed by atoms with van der Waals surface area (Å²) in [4.78, 5) is 0. The molecule has 1 aromatic rings. The second-order valence-electron chi connectivity index (χ2n) is 4.80. The molecule has 1 heterocycles. The fourth-order valence-electron chi connectivity index (χ4n) is 2.63. The van der Waals surface area contributed by atoms with Crippen LogP contribution in [-0.2, 0) is 12.8 Å². The van der Waals surface area contributed by atoms with Gasteiger partial charge in [-0.3, -0.25) is 5.10 Å². The molecule has 1 fully saturated rings. The second kappa shape index (κ2) is 3.63. The maximum atomic E-state index is 4.43. The van der Waals surface area contributed by atoms with Crippen molar-refractivity contribution >= 4 is 0 Å². The van der Waals surface area contributed by atoms with Crippen LogP contribution in [0.25, 0.3) is 0 Å². The molecule has 2 N–H and O–H groups in total. The summed E-state index contributed by atoms with van der Waals surface area (Å²) in [6.07, 6.45) is 7.55. The van der Waals surface area contributed by atoms with Gasteiger partial charge in [-0.15, -0.1) is 0 Å². The zero-order valence-electron chi connectivity index (χ0n) is 9.34. The number of hydrogen-bond acceptors (Lipinski definition) is 2. The average Bonchev–Trinajstić information content (AvgIpc) is 2.97. The Labute approximate surface area is 90.7 Å². The highest BCUT2D eigenvalue weighted by atomic mass is 15.1. The van der Waals surface area contributed by atoms with E-state index in [2.05, 4.69) is 22.4 Å². The maximum Gasteiger partial charge on any atom is 0.0670 e. The van der Waals surface area contributed by atoms with Crippen LogP contribution in [0.5, 0.6) is 0 Å². The van der Waals surface area contributed by atoms with E-state index in [0.717, 1.165) is 12.5 Å². The lowest BCUT2D eigenvalue weighted by Crippen LogP contribution is -2.27. The summed E-state index contributed by atoms with van der Waals surface area (Å²) in [5, 5.41) is 11.4. The molecule has 0 spiro atoms. The summed E-state index contributed by atoms with van der Waals surface area (Å²) in [7, 11) is 0. The zero-order chi connectivity index (χ0) is 10.3. The van der Waals surface area contributed by atoms with Crippen molar-refractivity contribution in [2.24, 2.45) is 0 Å². The Morgan fingerprint density at radius 2 is 2.27 bits per heavy atom. The summed E-state index contributed by atoms with van der Waals surface area (Å²) in [6.45, 7) is 2.19. The number of aryl methyl sites for hydroxylation is 2. The number of aromatic nitrogens is 2. The van der Waals surface area contributed by atoms with Gasteiger partial charge in [0.25, 0.3) is 0 Å². The summed E-state index contributed by atoms with van der Waals surface area (Å²) in [5.74, 6) is 0. The molecular formula is C12H19N3. The molecule has 0 amide bonds. The highest BCUT2D eigenvalue weighted by molar-refractivity contribution is 5.31. The topological polar surface area (TPSA) is 40.7 Å². The number of nitrogens with one attached hydrogen (secondary N) is 2. The molecule has 1 aromatic heterocycles. The van der Waals surface area contributed by atoms with Gasteiger partial charge in [0, 0.05) is 23.3 Å². The van der Waals surface area contributed by atoms with Crippen LogP contribution in [0.2, 0.25) is 0 Å². The van der Waals surface area contributed by atoms with E-state index in [-0.39, 0.29) is 0 Å². The second-order valence-corrected chi connectivity index (χ2v) is 4.80. The van der Waals surface area contributed by atoms with Crippen molar-refractivity contribution < 1.29 is 0 Å². The first-order valence-corrected chi connectivity index (χ1v) is 6.20. The summed E-state index contributed by atoms with van der Waals surface area (Å²) < 4.78 is 0. The van der Waals surface area contributed by atoms with Crippen molar-refractivity contribution in [3.05, 3.63) is 17.0 Å². The van der Waals surface area contributed by atoms with E-state index in [1.165, 1.54) is 49.1 Å². The molecule has 1 saturated carbocycles. The smallest absolute Gasteiger partial charge is 0.0670 e. The highest BCUT2D eigenvalue weighted by Gasteiger charge is 2.30. The van der Waals surface area contributed by atoms with Crippen LogP contribution in [0.1, 0.15) is 55.6 Å². The number of fused-ring (bicyclic) bond motifs is 1. The van der Waals surface area contributed by atoms with E-state index >= 15 is 0 Å². The number of hydrogen-bond donors (Lipinski definition) is 2. The first-order chi connectivity index (χ1) is 7.38. The Morgan fingerprint density at radius 3 is 3.00 bits per heavy atom. The Morgan fingerprint density at radius 1 is 1.40 bits per heavy atom. The first-order valence-electron chi connectivity index (χ1n) is 6.20. The Hall–Kier alpha value is -0.830. The van der Waals surface area contributed by atoms with Crippen molar-refractivity contribution in [2.45, 2.75) is 57.5 Å². The van der Waals surface area contributed by atoms with Gasteiger partial charge >= 0.3 is 0 Å². The van der Waals surface area contributed by atoms with Gasteiger partial charge in [0.15, 0.2) is 0 Å². The van der Waals surface area contributed by atoms with Crippen LogP contribution in [0.3, 0.4) is 0 Å². The quantitative estimate of drug-likeness (QED) is 0.793. The molecule has 0 bridgehead atoms. The number of nitrogens with zero attached hydrogens (tertiary/aromatic N) is 1. The SMILES string of the molecule is CCc1n[nH]c2c1C(NC1CC1)CCC2. The van der Waals surface area contributed by atoms with Gasteiger partial charge in [-0.05, 0) is 38.5 Å². The van der Waals surface area contributed by atoms with Crippen LogP contribution >= 0.6 is 0 Å². The van der Waals surface area contributed by atoms with E-state index in [1.54, 1.807) is 0 Å². The van der Waals surface area contributed by atoms with Gasteiger partial charge in [-0.2, -0.15) is 5.10 Å². The van der Waals surface area contributed by atoms with Gasteiger partial charge in [-0.1, -0.05) is 6.92 Å². The van der Waals surface area contributed by atoms with Crippen molar-refractivity contribution in [3.63, 3.8) is 0 Å². The van der Waals surface area contributed by atoms with E-state index in [4.69, 9.17) is 0 Å². The Kier molecular flexibility index (Phi) is 2.28. The molecule has 0 radical (unpaired) electrons. The van der Waals surface area contributed by atoms with E-state index in [1.807, 2.05) is 0 Å². The van der Waals surface area contributed by atoms with Crippen molar-refractivity contribution in [1.82, 2.24) is 15.5 Å². The Balaban J connectivity index is 1.88. The van der Waals surface area contributed by atoms with Crippen LogP contribution < -0.4 is 5.32 Å². The first kappa shape index (κ1) is 9.40. The lowest BCUT2D eigenvalue weighted by atomic mass is 9.90. The molecule has 2 aliphatic carbocycles. The van der Waals surface area contributed by atoms with Crippen LogP contribution in [0.15, 0.2) is 0 Å². The van der Waals surface area contributed by atoms with Gasteiger partial charge in [-0.25, -0.2) is 0 Å². The third-order valence-corrected chi connectivity index (χ3v) is 3.58. The predicted molar refractivity (Wildman–Crippen MR) is 59.8 cm³/mol. The molecule has 3 nitrogen and oxygen atoms in total.